The summed E-state index contributed by atoms with van der Waals surface area (Å²) in [4.78, 5) is 12.2. The van der Waals surface area contributed by atoms with Gasteiger partial charge in [0.15, 0.2) is 0 Å². The van der Waals surface area contributed by atoms with E-state index >= 15 is 0 Å². The summed E-state index contributed by atoms with van der Waals surface area (Å²) in [5.74, 6) is -0.0601. The average Bonchev–Trinajstić information content (AvgIpc) is 2.99. The molecule has 1 amide bonds. The first-order chi connectivity index (χ1) is 10.8. The standard InChI is InChI=1S/C17H23N3OS.ClH/c21-17(16-14-9-4-5-10-15(14)22-20-16)19-12-6-11-18-13-7-2-1-3-8-13;/h4-5,9-10,13,18H,1-3,6-8,11-12H2,(H,19,21);1H. The van der Waals surface area contributed by atoms with Crippen LogP contribution in [0.4, 0.5) is 0 Å². The fourth-order valence-corrected chi connectivity index (χ4v) is 3.81. The van der Waals surface area contributed by atoms with Crippen LogP contribution in [0.15, 0.2) is 24.3 Å². The molecule has 0 aliphatic heterocycles. The number of hydrogen-bond donors (Lipinski definition) is 2. The Labute approximate surface area is 147 Å². The average molecular weight is 354 g/mol. The van der Waals surface area contributed by atoms with Gasteiger partial charge in [0.25, 0.3) is 5.91 Å². The molecule has 1 aromatic heterocycles. The Balaban J connectivity index is 0.00000192. The zero-order chi connectivity index (χ0) is 15.2. The molecule has 0 unspecified atom stereocenters. The molecule has 0 bridgehead atoms. The van der Waals surface area contributed by atoms with E-state index in [1.54, 1.807) is 0 Å². The van der Waals surface area contributed by atoms with Gasteiger partial charge in [0.05, 0.1) is 4.70 Å². The minimum atomic E-state index is -0.0601. The van der Waals surface area contributed by atoms with Crippen LogP contribution in [-0.2, 0) is 0 Å². The fraction of sp³-hybridized carbons (Fsp3) is 0.529. The molecule has 2 N–H and O–H groups in total. The van der Waals surface area contributed by atoms with E-state index in [0.717, 1.165) is 23.1 Å². The Morgan fingerprint density at radius 3 is 2.78 bits per heavy atom. The van der Waals surface area contributed by atoms with Gasteiger partial charge in [0.2, 0.25) is 0 Å². The summed E-state index contributed by atoms with van der Waals surface area (Å²) in [5.41, 5.74) is 0.556. The third-order valence-electron chi connectivity index (χ3n) is 4.27. The summed E-state index contributed by atoms with van der Waals surface area (Å²) < 4.78 is 5.34. The van der Waals surface area contributed by atoms with Crippen molar-refractivity contribution in [2.75, 3.05) is 13.1 Å². The van der Waals surface area contributed by atoms with Crippen LogP contribution < -0.4 is 10.6 Å². The molecule has 1 aliphatic carbocycles. The smallest absolute Gasteiger partial charge is 0.271 e. The van der Waals surface area contributed by atoms with Gasteiger partial charge in [-0.05, 0) is 43.4 Å². The molecule has 2 aromatic rings. The van der Waals surface area contributed by atoms with E-state index in [4.69, 9.17) is 0 Å². The molecule has 6 heteroatoms. The van der Waals surface area contributed by atoms with Gasteiger partial charge in [-0.3, -0.25) is 4.79 Å². The van der Waals surface area contributed by atoms with Crippen LogP contribution in [0.2, 0.25) is 0 Å². The Kier molecular flexibility index (Phi) is 7.27. The van der Waals surface area contributed by atoms with Crippen LogP contribution in [-0.4, -0.2) is 29.4 Å². The van der Waals surface area contributed by atoms with Gasteiger partial charge in [-0.25, -0.2) is 0 Å². The van der Waals surface area contributed by atoms with Crippen molar-refractivity contribution in [3.63, 3.8) is 0 Å². The van der Waals surface area contributed by atoms with Crippen LogP contribution in [0.3, 0.4) is 0 Å². The van der Waals surface area contributed by atoms with Crippen LogP contribution in [0, 0.1) is 0 Å². The summed E-state index contributed by atoms with van der Waals surface area (Å²) in [6.45, 7) is 1.67. The SMILES string of the molecule is Cl.O=C(NCCCNC1CCCCC1)c1nsc2ccccc12. The maximum atomic E-state index is 12.2. The number of amides is 1. The van der Waals surface area contributed by atoms with Crippen molar-refractivity contribution in [3.8, 4) is 0 Å². The lowest BCUT2D eigenvalue weighted by atomic mass is 9.95. The van der Waals surface area contributed by atoms with E-state index in [0.29, 0.717) is 18.3 Å². The molecule has 1 aromatic carbocycles. The minimum absolute atomic E-state index is 0. The maximum absolute atomic E-state index is 12.2. The van der Waals surface area contributed by atoms with Crippen molar-refractivity contribution in [1.82, 2.24) is 15.0 Å². The highest BCUT2D eigenvalue weighted by atomic mass is 35.5. The first-order valence-corrected chi connectivity index (χ1v) is 8.98. The monoisotopic (exact) mass is 353 g/mol. The van der Waals surface area contributed by atoms with E-state index in [2.05, 4.69) is 15.0 Å². The fourth-order valence-electron chi connectivity index (χ4n) is 3.04. The first kappa shape index (κ1) is 18.2. The van der Waals surface area contributed by atoms with Crippen LogP contribution >= 0.6 is 23.9 Å². The van der Waals surface area contributed by atoms with Crippen molar-refractivity contribution >= 4 is 39.9 Å². The van der Waals surface area contributed by atoms with Gasteiger partial charge in [0, 0.05) is 18.0 Å². The molecule has 0 radical (unpaired) electrons. The summed E-state index contributed by atoms with van der Waals surface area (Å²) in [6.07, 6.45) is 7.66. The van der Waals surface area contributed by atoms with Gasteiger partial charge >= 0.3 is 0 Å². The number of carbonyl (C=O) groups excluding carboxylic acids is 1. The van der Waals surface area contributed by atoms with E-state index in [1.807, 2.05) is 24.3 Å². The van der Waals surface area contributed by atoms with E-state index in [1.165, 1.54) is 43.6 Å². The number of nitrogens with one attached hydrogen (secondary N) is 2. The number of aromatic nitrogens is 1. The predicted molar refractivity (Wildman–Crippen MR) is 98.7 cm³/mol. The highest BCUT2D eigenvalue weighted by Gasteiger charge is 2.14. The van der Waals surface area contributed by atoms with Crippen molar-refractivity contribution in [3.05, 3.63) is 30.0 Å². The predicted octanol–water partition coefficient (Wildman–Crippen LogP) is 3.76. The third kappa shape index (κ3) is 4.90. The van der Waals surface area contributed by atoms with E-state index < -0.39 is 0 Å². The number of nitrogens with zero attached hydrogens (tertiary/aromatic N) is 1. The molecule has 0 spiro atoms. The van der Waals surface area contributed by atoms with E-state index in [9.17, 15) is 4.79 Å². The number of carbonyl (C=O) groups is 1. The van der Waals surface area contributed by atoms with Gasteiger partial charge in [0.1, 0.15) is 5.69 Å². The highest BCUT2D eigenvalue weighted by molar-refractivity contribution is 7.13. The molecule has 1 saturated carbocycles. The summed E-state index contributed by atoms with van der Waals surface area (Å²) in [7, 11) is 0. The van der Waals surface area contributed by atoms with E-state index in [-0.39, 0.29) is 18.3 Å². The molecule has 1 aliphatic rings. The lowest BCUT2D eigenvalue weighted by molar-refractivity contribution is 0.0951. The molecular weight excluding hydrogens is 330 g/mol. The highest BCUT2D eigenvalue weighted by Crippen LogP contribution is 2.22. The van der Waals surface area contributed by atoms with Crippen LogP contribution in [0.25, 0.3) is 10.1 Å². The number of rotatable bonds is 6. The lowest BCUT2D eigenvalue weighted by Crippen LogP contribution is -2.34. The minimum Gasteiger partial charge on any atom is -0.351 e. The van der Waals surface area contributed by atoms with Crippen LogP contribution in [0.5, 0.6) is 0 Å². The molecule has 0 saturated heterocycles. The quantitative estimate of drug-likeness (QED) is 0.777. The van der Waals surface area contributed by atoms with Gasteiger partial charge in [-0.1, -0.05) is 37.5 Å². The van der Waals surface area contributed by atoms with Crippen molar-refractivity contribution < 1.29 is 4.79 Å². The molecule has 4 nitrogen and oxygen atoms in total. The second-order valence-electron chi connectivity index (χ2n) is 5.93. The number of benzene rings is 1. The van der Waals surface area contributed by atoms with Crippen molar-refractivity contribution in [1.29, 1.82) is 0 Å². The zero-order valence-corrected chi connectivity index (χ0v) is 14.8. The topological polar surface area (TPSA) is 54.0 Å². The molecule has 1 fully saturated rings. The number of hydrogen-bond acceptors (Lipinski definition) is 4. The molecular formula is C17H24ClN3OS. The molecule has 3 rings (SSSR count). The zero-order valence-electron chi connectivity index (χ0n) is 13.2. The van der Waals surface area contributed by atoms with Gasteiger partial charge in [-0.15, -0.1) is 12.4 Å². The van der Waals surface area contributed by atoms with Crippen molar-refractivity contribution in [2.24, 2.45) is 0 Å². The molecule has 0 atom stereocenters. The summed E-state index contributed by atoms with van der Waals surface area (Å²) in [6, 6.07) is 8.56. The number of halogens is 1. The maximum Gasteiger partial charge on any atom is 0.271 e. The largest absolute Gasteiger partial charge is 0.351 e. The normalized spacial score (nSPS) is 15.3. The molecule has 23 heavy (non-hydrogen) atoms. The van der Waals surface area contributed by atoms with Crippen molar-refractivity contribution in [2.45, 2.75) is 44.6 Å². The number of fused-ring (bicyclic) bond motifs is 1. The Bertz CT molecular complexity index is 625. The van der Waals surface area contributed by atoms with Crippen LogP contribution in [0.1, 0.15) is 49.0 Å². The molecule has 1 heterocycles. The summed E-state index contributed by atoms with van der Waals surface area (Å²) in [5, 5.41) is 7.52. The molecule has 126 valence electrons. The van der Waals surface area contributed by atoms with Gasteiger partial charge < -0.3 is 10.6 Å². The Morgan fingerprint density at radius 2 is 1.96 bits per heavy atom. The van der Waals surface area contributed by atoms with Gasteiger partial charge in [-0.2, -0.15) is 4.37 Å². The third-order valence-corrected chi connectivity index (χ3v) is 5.10. The first-order valence-electron chi connectivity index (χ1n) is 8.20. The summed E-state index contributed by atoms with van der Waals surface area (Å²) >= 11 is 1.38. The Hall–Kier alpha value is -1.17. The second kappa shape index (κ2) is 9.21. The Morgan fingerprint density at radius 1 is 1.17 bits per heavy atom. The lowest BCUT2D eigenvalue weighted by Gasteiger charge is -2.22. The second-order valence-corrected chi connectivity index (χ2v) is 6.73.